The van der Waals surface area contributed by atoms with Gasteiger partial charge in [-0.15, -0.1) is 0 Å². The van der Waals surface area contributed by atoms with E-state index < -0.39 is 13.0 Å². The predicted octanol–water partition coefficient (Wildman–Crippen LogP) is 5.50. The first-order valence-electron chi connectivity index (χ1n) is 10.8. The Morgan fingerprint density at radius 2 is 1.86 bits per heavy atom. The van der Waals surface area contributed by atoms with Gasteiger partial charge in [-0.2, -0.15) is 14.5 Å². The van der Waals surface area contributed by atoms with Gasteiger partial charge in [0.2, 0.25) is 5.88 Å². The summed E-state index contributed by atoms with van der Waals surface area (Å²) in [5.41, 5.74) is 3.71. The van der Waals surface area contributed by atoms with Gasteiger partial charge < -0.3 is 4.74 Å². The predicted molar refractivity (Wildman–Crippen MR) is 130 cm³/mol. The van der Waals surface area contributed by atoms with Crippen LogP contribution in [0, 0.1) is 0 Å². The quantitative estimate of drug-likeness (QED) is 0.324. The molecule has 0 atom stereocenters. The first-order valence-corrected chi connectivity index (χ1v) is 11.6. The summed E-state index contributed by atoms with van der Waals surface area (Å²) in [6.07, 6.45) is -0.734. The van der Waals surface area contributed by atoms with Crippen LogP contribution in [0.15, 0.2) is 60.1 Å². The lowest BCUT2D eigenvalue weighted by Gasteiger charge is -2.36. The third kappa shape index (κ3) is 3.83. The van der Waals surface area contributed by atoms with Crippen LogP contribution in [0.1, 0.15) is 5.56 Å². The molecule has 3 aromatic heterocycles. The second kappa shape index (κ2) is 8.27. The van der Waals surface area contributed by atoms with Gasteiger partial charge in [-0.05, 0) is 54.0 Å². The van der Waals surface area contributed by atoms with E-state index in [1.54, 1.807) is 27.8 Å². The van der Waals surface area contributed by atoms with Crippen molar-refractivity contribution in [3.05, 3.63) is 65.7 Å². The number of nitrogens with zero attached hydrogens (tertiary/aromatic N) is 6. The molecule has 11 heteroatoms. The minimum Gasteiger partial charge on any atom is -0.472 e. The third-order valence-corrected chi connectivity index (χ3v) is 6.43. The SMILES string of the molecule is Cn1cc2cc(N3Cc4ccc(OCC(F)F)nc4N(c4ccc5nscc5c4)C3=O)ccc2n1. The number of amides is 2. The molecule has 0 spiro atoms. The maximum absolute atomic E-state index is 13.9. The van der Waals surface area contributed by atoms with Crippen LogP contribution in [0.2, 0.25) is 0 Å². The number of anilines is 3. The molecule has 0 saturated heterocycles. The Morgan fingerprint density at radius 1 is 1.06 bits per heavy atom. The first kappa shape index (κ1) is 21.4. The molecule has 4 heterocycles. The van der Waals surface area contributed by atoms with E-state index in [-0.39, 0.29) is 18.5 Å². The lowest BCUT2D eigenvalue weighted by Crippen LogP contribution is -2.45. The maximum Gasteiger partial charge on any atom is 0.335 e. The van der Waals surface area contributed by atoms with Crippen LogP contribution in [0.4, 0.5) is 30.8 Å². The van der Waals surface area contributed by atoms with Gasteiger partial charge in [-0.3, -0.25) is 9.58 Å². The van der Waals surface area contributed by atoms with Gasteiger partial charge in [0.1, 0.15) is 5.82 Å². The molecule has 1 aliphatic heterocycles. The molecule has 6 rings (SSSR count). The monoisotopic (exact) mass is 492 g/mol. The van der Waals surface area contributed by atoms with Crippen LogP contribution >= 0.6 is 11.5 Å². The fraction of sp³-hybridized carbons (Fsp3) is 0.167. The average Bonchev–Trinajstić information content (AvgIpc) is 3.46. The standard InChI is InChI=1S/C24H18F2N6O2S/c1-30-10-15-8-17(3-5-19(15)28-30)31-11-14-2-7-22(34-12-21(25)26)27-23(14)32(24(31)33)18-4-6-20-16(9-18)13-35-29-20/h2-10,13,21H,11-12H2,1H3. The van der Waals surface area contributed by atoms with Crippen molar-refractivity contribution in [3.63, 3.8) is 0 Å². The van der Waals surface area contributed by atoms with Crippen LogP contribution in [0.3, 0.4) is 0 Å². The smallest absolute Gasteiger partial charge is 0.335 e. The zero-order valence-electron chi connectivity index (χ0n) is 18.4. The number of halogens is 2. The Bertz CT molecular complexity index is 1580. The molecular formula is C24H18F2N6O2S. The van der Waals surface area contributed by atoms with E-state index in [0.717, 1.165) is 27.4 Å². The highest BCUT2D eigenvalue weighted by Gasteiger charge is 2.34. The summed E-state index contributed by atoms with van der Waals surface area (Å²) in [7, 11) is 1.85. The van der Waals surface area contributed by atoms with E-state index in [9.17, 15) is 13.6 Å². The molecule has 0 radical (unpaired) electrons. The highest BCUT2D eigenvalue weighted by molar-refractivity contribution is 7.04. The van der Waals surface area contributed by atoms with Crippen LogP contribution in [0.25, 0.3) is 21.8 Å². The Labute approximate surface area is 202 Å². The summed E-state index contributed by atoms with van der Waals surface area (Å²) in [4.78, 5) is 21.5. The Hall–Kier alpha value is -4.12. The number of hydrogen-bond donors (Lipinski definition) is 0. The van der Waals surface area contributed by atoms with Crippen LogP contribution in [-0.4, -0.2) is 38.2 Å². The molecule has 0 bridgehead atoms. The van der Waals surface area contributed by atoms with E-state index in [4.69, 9.17) is 4.74 Å². The maximum atomic E-state index is 13.9. The van der Waals surface area contributed by atoms with Crippen LogP contribution in [-0.2, 0) is 13.6 Å². The van der Waals surface area contributed by atoms with Crippen molar-refractivity contribution >= 4 is 56.6 Å². The number of hydrogen-bond acceptors (Lipinski definition) is 6. The summed E-state index contributed by atoms with van der Waals surface area (Å²) in [5.74, 6) is 0.383. The van der Waals surface area contributed by atoms with Crippen molar-refractivity contribution in [2.45, 2.75) is 13.0 Å². The van der Waals surface area contributed by atoms with Gasteiger partial charge in [0.25, 0.3) is 6.43 Å². The van der Waals surface area contributed by atoms with Crippen LogP contribution in [0.5, 0.6) is 5.88 Å². The number of carbonyl (C=O) groups is 1. The number of pyridine rings is 1. The Balaban J connectivity index is 1.46. The van der Waals surface area contributed by atoms with Crippen LogP contribution < -0.4 is 14.5 Å². The summed E-state index contributed by atoms with van der Waals surface area (Å²) >= 11 is 1.33. The number of fused-ring (bicyclic) bond motifs is 3. The van der Waals surface area contributed by atoms with Gasteiger partial charge in [0.05, 0.1) is 23.3 Å². The summed E-state index contributed by atoms with van der Waals surface area (Å²) in [6, 6.07) is 14.1. The van der Waals surface area contributed by atoms with E-state index in [0.29, 0.717) is 17.2 Å². The van der Waals surface area contributed by atoms with Crippen molar-refractivity contribution in [1.82, 2.24) is 19.1 Å². The van der Waals surface area contributed by atoms with Gasteiger partial charge in [0.15, 0.2) is 6.61 Å². The lowest BCUT2D eigenvalue weighted by molar-refractivity contribution is 0.0796. The molecule has 5 aromatic rings. The zero-order valence-corrected chi connectivity index (χ0v) is 19.2. The molecule has 2 aromatic carbocycles. The minimum absolute atomic E-state index is 0.0327. The molecule has 2 amide bonds. The van der Waals surface area contributed by atoms with Crippen molar-refractivity contribution < 1.29 is 18.3 Å². The van der Waals surface area contributed by atoms with E-state index in [1.807, 2.05) is 49.0 Å². The number of urea groups is 1. The van der Waals surface area contributed by atoms with E-state index in [1.165, 1.54) is 16.4 Å². The molecule has 0 unspecified atom stereocenters. The highest BCUT2D eigenvalue weighted by atomic mass is 32.1. The molecular weight excluding hydrogens is 474 g/mol. The fourth-order valence-electron chi connectivity index (χ4n) is 4.19. The van der Waals surface area contributed by atoms with E-state index >= 15 is 0 Å². The van der Waals surface area contributed by atoms with Crippen molar-refractivity contribution in [1.29, 1.82) is 0 Å². The average molecular weight is 493 g/mol. The second-order valence-corrected chi connectivity index (χ2v) is 8.77. The van der Waals surface area contributed by atoms with Gasteiger partial charge in [0, 0.05) is 46.7 Å². The minimum atomic E-state index is -2.63. The Morgan fingerprint density at radius 3 is 2.71 bits per heavy atom. The number of benzene rings is 2. The van der Waals surface area contributed by atoms with Gasteiger partial charge in [-0.25, -0.2) is 18.5 Å². The lowest BCUT2D eigenvalue weighted by atomic mass is 10.1. The zero-order chi connectivity index (χ0) is 24.1. The normalized spacial score (nSPS) is 13.8. The molecule has 0 aliphatic carbocycles. The third-order valence-electron chi connectivity index (χ3n) is 5.76. The fourth-order valence-corrected chi connectivity index (χ4v) is 4.83. The van der Waals surface area contributed by atoms with Crippen molar-refractivity contribution in [2.75, 3.05) is 16.4 Å². The number of ether oxygens (including phenoxy) is 1. The largest absolute Gasteiger partial charge is 0.472 e. The summed E-state index contributed by atoms with van der Waals surface area (Å²) < 4.78 is 36.6. The Kier molecular flexibility index (Phi) is 5.06. The molecule has 1 aliphatic rings. The number of alkyl halides is 2. The molecule has 0 saturated carbocycles. The number of rotatable bonds is 5. The summed E-state index contributed by atoms with van der Waals surface area (Å²) in [5, 5.41) is 8.10. The topological polar surface area (TPSA) is 76.4 Å². The molecule has 0 N–H and O–H groups in total. The molecule has 8 nitrogen and oxygen atoms in total. The molecule has 35 heavy (non-hydrogen) atoms. The van der Waals surface area contributed by atoms with E-state index in [2.05, 4.69) is 14.5 Å². The van der Waals surface area contributed by atoms with Crippen molar-refractivity contribution in [3.8, 4) is 5.88 Å². The van der Waals surface area contributed by atoms with Gasteiger partial charge >= 0.3 is 6.03 Å². The number of aryl methyl sites for hydroxylation is 1. The molecule has 176 valence electrons. The number of aromatic nitrogens is 4. The molecule has 0 fully saturated rings. The van der Waals surface area contributed by atoms with Gasteiger partial charge in [-0.1, -0.05) is 0 Å². The van der Waals surface area contributed by atoms with Crippen molar-refractivity contribution in [2.24, 2.45) is 7.05 Å². The second-order valence-electron chi connectivity index (χ2n) is 8.14. The highest BCUT2D eigenvalue weighted by Crippen LogP contribution is 2.38. The summed E-state index contributed by atoms with van der Waals surface area (Å²) in [6.45, 7) is -0.510. The first-order chi connectivity index (χ1) is 17.0. The number of carbonyl (C=O) groups excluding carboxylic acids is 1.